The normalized spacial score (nSPS) is 14.3. The van der Waals surface area contributed by atoms with Crippen molar-refractivity contribution in [2.75, 3.05) is 33.3 Å². The molecule has 1 saturated heterocycles. The number of hydrogen-bond donors (Lipinski definition) is 1. The standard InChI is InChI=1S/C35H29BrF2N6O8S/c1-52-27-7-3-25(4-8-27)43-34(40-30-17-22(36)2-11-29(30)35(43)47)31(16-21-14-23(37)18-24(38)15-21)39-32(45)19-41-12-13-42(20-33(41)46)53(50,51)28-9-5-26(6-10-28)44(48)49/h2-11,14-15,17-18,31H,12-13,16,19-20H2,1H3,(H,39,45)/t31-/m0/s1. The van der Waals surface area contributed by atoms with Crippen LogP contribution in [0.15, 0.2) is 99.1 Å². The van der Waals surface area contributed by atoms with E-state index in [1.165, 1.54) is 11.7 Å². The Bertz CT molecular complexity index is 2390. The van der Waals surface area contributed by atoms with Crippen molar-refractivity contribution < 1.29 is 36.4 Å². The highest BCUT2D eigenvalue weighted by molar-refractivity contribution is 9.10. The fourth-order valence-corrected chi connectivity index (χ4v) is 7.65. The Morgan fingerprint density at radius 3 is 2.30 bits per heavy atom. The highest BCUT2D eigenvalue weighted by atomic mass is 79.9. The Labute approximate surface area is 308 Å². The molecule has 4 aromatic carbocycles. The van der Waals surface area contributed by atoms with Crippen LogP contribution in [0, 0.1) is 21.7 Å². The molecule has 0 saturated carbocycles. The zero-order valence-electron chi connectivity index (χ0n) is 27.7. The van der Waals surface area contributed by atoms with Crippen molar-refractivity contribution in [1.29, 1.82) is 0 Å². The van der Waals surface area contributed by atoms with Crippen molar-refractivity contribution in [2.24, 2.45) is 0 Å². The summed E-state index contributed by atoms with van der Waals surface area (Å²) in [7, 11) is -2.72. The van der Waals surface area contributed by atoms with Gasteiger partial charge in [-0.25, -0.2) is 22.2 Å². The third-order valence-corrected chi connectivity index (χ3v) is 10.9. The number of nitrogens with zero attached hydrogens (tertiary/aromatic N) is 5. The molecule has 1 aliphatic rings. The second kappa shape index (κ2) is 15.2. The third kappa shape index (κ3) is 8.08. The SMILES string of the molecule is COc1ccc(-n2c([C@H](Cc3cc(F)cc(F)c3)NC(=O)CN3CCN(S(=O)(=O)c4ccc([N+](=O)[O-])cc4)CC3=O)nc3cc(Br)ccc3c2=O)cc1. The number of nitro benzene ring substituents is 1. The Morgan fingerprint density at radius 1 is 1.00 bits per heavy atom. The van der Waals surface area contributed by atoms with Gasteiger partial charge in [-0.05, 0) is 72.3 Å². The predicted octanol–water partition coefficient (Wildman–Crippen LogP) is 4.28. The van der Waals surface area contributed by atoms with E-state index in [0.717, 1.165) is 45.6 Å². The van der Waals surface area contributed by atoms with E-state index < -0.39 is 63.1 Å². The number of carbonyl (C=O) groups excluding carboxylic acids is 2. The lowest BCUT2D eigenvalue weighted by atomic mass is 10.0. The van der Waals surface area contributed by atoms with E-state index in [2.05, 4.69) is 21.2 Å². The number of carbonyl (C=O) groups is 2. The number of aromatic nitrogens is 2. The van der Waals surface area contributed by atoms with Gasteiger partial charge < -0.3 is 15.0 Å². The molecule has 2 heterocycles. The van der Waals surface area contributed by atoms with E-state index in [1.807, 2.05) is 0 Å². The van der Waals surface area contributed by atoms with Crippen molar-refractivity contribution in [3.63, 3.8) is 0 Å². The molecular weight excluding hydrogens is 782 g/mol. The van der Waals surface area contributed by atoms with E-state index in [1.54, 1.807) is 42.5 Å². The lowest BCUT2D eigenvalue weighted by Gasteiger charge is -2.33. The van der Waals surface area contributed by atoms with Crippen LogP contribution in [-0.2, 0) is 26.0 Å². The summed E-state index contributed by atoms with van der Waals surface area (Å²) in [6.07, 6.45) is -0.224. The number of methoxy groups -OCH3 is 1. The van der Waals surface area contributed by atoms with Gasteiger partial charge >= 0.3 is 0 Å². The van der Waals surface area contributed by atoms with Crippen LogP contribution in [0.25, 0.3) is 16.6 Å². The maximum absolute atomic E-state index is 14.4. The summed E-state index contributed by atoms with van der Waals surface area (Å²) in [4.78, 5) is 57.0. The average molecular weight is 812 g/mol. The zero-order chi connectivity index (χ0) is 38.0. The molecule has 1 N–H and O–H groups in total. The smallest absolute Gasteiger partial charge is 0.269 e. The van der Waals surface area contributed by atoms with Gasteiger partial charge in [-0.1, -0.05) is 15.9 Å². The van der Waals surface area contributed by atoms with Gasteiger partial charge in [0.15, 0.2) is 0 Å². The van der Waals surface area contributed by atoms with Gasteiger partial charge in [-0.15, -0.1) is 0 Å². The Morgan fingerprint density at radius 2 is 1.68 bits per heavy atom. The molecule has 14 nitrogen and oxygen atoms in total. The van der Waals surface area contributed by atoms with E-state index >= 15 is 0 Å². The average Bonchev–Trinajstić information content (AvgIpc) is 3.11. The van der Waals surface area contributed by atoms with E-state index in [-0.39, 0.29) is 52.4 Å². The molecular formula is C35H29BrF2N6O8S. The molecule has 2 amide bonds. The summed E-state index contributed by atoms with van der Waals surface area (Å²) in [5, 5.41) is 14.0. The van der Waals surface area contributed by atoms with Crippen LogP contribution < -0.4 is 15.6 Å². The molecule has 5 aromatic rings. The Balaban J connectivity index is 1.31. The Hall–Kier alpha value is -5.59. The van der Waals surface area contributed by atoms with Gasteiger partial charge in [0.05, 0.1) is 52.7 Å². The van der Waals surface area contributed by atoms with Gasteiger partial charge in [0, 0.05) is 42.2 Å². The van der Waals surface area contributed by atoms with E-state index in [0.29, 0.717) is 22.0 Å². The van der Waals surface area contributed by atoms with Crippen LogP contribution in [0.1, 0.15) is 17.4 Å². The van der Waals surface area contributed by atoms with E-state index in [9.17, 15) is 41.7 Å². The van der Waals surface area contributed by atoms with Crippen molar-refractivity contribution in [3.8, 4) is 11.4 Å². The van der Waals surface area contributed by atoms with Crippen LogP contribution in [0.3, 0.4) is 0 Å². The van der Waals surface area contributed by atoms with Crippen LogP contribution in [0.4, 0.5) is 14.5 Å². The largest absolute Gasteiger partial charge is 0.497 e. The first kappa shape index (κ1) is 37.2. The molecule has 18 heteroatoms. The summed E-state index contributed by atoms with van der Waals surface area (Å²) in [5.74, 6) is -2.61. The highest BCUT2D eigenvalue weighted by Gasteiger charge is 2.34. The predicted molar refractivity (Wildman–Crippen MR) is 191 cm³/mol. The molecule has 1 aliphatic heterocycles. The maximum Gasteiger partial charge on any atom is 0.269 e. The molecule has 6 rings (SSSR count). The summed E-state index contributed by atoms with van der Waals surface area (Å²) >= 11 is 3.39. The minimum absolute atomic E-state index is 0.0223. The number of piperazine rings is 1. The number of nitro groups is 1. The molecule has 0 bridgehead atoms. The van der Waals surface area contributed by atoms with E-state index in [4.69, 9.17) is 9.72 Å². The Kier molecular flexibility index (Phi) is 10.6. The second-order valence-electron chi connectivity index (χ2n) is 12.0. The van der Waals surface area contributed by atoms with Crippen molar-refractivity contribution in [3.05, 3.63) is 133 Å². The minimum Gasteiger partial charge on any atom is -0.497 e. The topological polar surface area (TPSA) is 174 Å². The van der Waals surface area contributed by atoms with Gasteiger partial charge in [0.25, 0.3) is 11.2 Å². The summed E-state index contributed by atoms with van der Waals surface area (Å²) in [6, 6.07) is 17.3. The summed E-state index contributed by atoms with van der Waals surface area (Å²) in [6.45, 7) is -1.47. The molecule has 0 unspecified atom stereocenters. The van der Waals surface area contributed by atoms with Crippen LogP contribution >= 0.6 is 15.9 Å². The molecule has 0 spiro atoms. The quantitative estimate of drug-likeness (QED) is 0.151. The number of non-ortho nitro benzene ring substituents is 1. The molecule has 1 fully saturated rings. The zero-order valence-corrected chi connectivity index (χ0v) is 30.1. The number of rotatable bonds is 11. The van der Waals surface area contributed by atoms with Crippen molar-refractivity contribution in [1.82, 2.24) is 24.1 Å². The fraction of sp³-hybridized carbons (Fsp3) is 0.200. The number of hydrogen-bond acceptors (Lipinski definition) is 9. The maximum atomic E-state index is 14.4. The molecule has 53 heavy (non-hydrogen) atoms. The number of sulfonamides is 1. The van der Waals surface area contributed by atoms with Crippen molar-refractivity contribution in [2.45, 2.75) is 17.4 Å². The lowest BCUT2D eigenvalue weighted by Crippen LogP contribution is -2.54. The lowest BCUT2D eigenvalue weighted by molar-refractivity contribution is -0.384. The number of nitrogens with one attached hydrogen (secondary N) is 1. The van der Waals surface area contributed by atoms with Crippen LogP contribution in [0.2, 0.25) is 0 Å². The molecule has 1 atom stereocenters. The summed E-state index contributed by atoms with van der Waals surface area (Å²) in [5.41, 5.74) is -0.0289. The molecule has 0 radical (unpaired) electrons. The highest BCUT2D eigenvalue weighted by Crippen LogP contribution is 2.26. The number of ether oxygens (including phenoxy) is 1. The van der Waals surface area contributed by atoms with Crippen LogP contribution in [0.5, 0.6) is 5.75 Å². The number of halogens is 3. The van der Waals surface area contributed by atoms with Crippen molar-refractivity contribution >= 4 is 54.4 Å². The van der Waals surface area contributed by atoms with Gasteiger partial charge in [-0.2, -0.15) is 4.31 Å². The monoisotopic (exact) mass is 810 g/mol. The van der Waals surface area contributed by atoms with Gasteiger partial charge in [0.2, 0.25) is 21.8 Å². The van der Waals surface area contributed by atoms with Gasteiger partial charge in [-0.3, -0.25) is 29.1 Å². The van der Waals surface area contributed by atoms with Gasteiger partial charge in [0.1, 0.15) is 23.2 Å². The summed E-state index contributed by atoms with van der Waals surface area (Å²) < 4.78 is 63.2. The number of amides is 2. The second-order valence-corrected chi connectivity index (χ2v) is 14.8. The molecule has 274 valence electrons. The first-order chi connectivity index (χ1) is 25.2. The van der Waals surface area contributed by atoms with Crippen LogP contribution in [-0.4, -0.2) is 77.2 Å². The molecule has 1 aromatic heterocycles. The number of fused-ring (bicyclic) bond motifs is 1. The third-order valence-electron chi connectivity index (χ3n) is 8.50. The first-order valence-electron chi connectivity index (χ1n) is 15.9. The first-order valence-corrected chi connectivity index (χ1v) is 18.1. The minimum atomic E-state index is -4.20. The number of benzene rings is 4. The fourth-order valence-electron chi connectivity index (χ4n) is 5.92. The molecule has 0 aliphatic carbocycles.